The molecule has 0 spiro atoms. The third-order valence-corrected chi connectivity index (χ3v) is 3.61. The fourth-order valence-electron chi connectivity index (χ4n) is 1.97. The van der Waals surface area contributed by atoms with E-state index in [1.54, 1.807) is 12.3 Å². The van der Waals surface area contributed by atoms with Crippen molar-refractivity contribution in [2.24, 2.45) is 0 Å². The lowest BCUT2D eigenvalue weighted by Gasteiger charge is -2.08. The molecule has 0 radical (unpaired) electrons. The molecule has 5 heteroatoms. The van der Waals surface area contributed by atoms with Crippen molar-refractivity contribution in [3.63, 3.8) is 0 Å². The van der Waals surface area contributed by atoms with E-state index in [9.17, 15) is 5.11 Å². The lowest BCUT2D eigenvalue weighted by Crippen LogP contribution is -1.99. The summed E-state index contributed by atoms with van der Waals surface area (Å²) in [6.07, 6.45) is 1.80. The van der Waals surface area contributed by atoms with E-state index in [0.717, 1.165) is 22.2 Å². The van der Waals surface area contributed by atoms with Crippen LogP contribution in [0.1, 0.15) is 5.56 Å². The molecule has 3 N–H and O–H groups in total. The largest absolute Gasteiger partial charge is 0.507 e. The summed E-state index contributed by atoms with van der Waals surface area (Å²) in [4.78, 5) is 0. The topological polar surface area (TPSA) is 60.9 Å². The van der Waals surface area contributed by atoms with Crippen molar-refractivity contribution in [2.75, 3.05) is 5.32 Å². The van der Waals surface area contributed by atoms with Crippen molar-refractivity contribution >= 4 is 32.5 Å². The fourth-order valence-corrected chi connectivity index (χ4v) is 2.40. The third kappa shape index (κ3) is 2.42. The van der Waals surface area contributed by atoms with Gasteiger partial charge in [0.2, 0.25) is 0 Å². The van der Waals surface area contributed by atoms with Crippen LogP contribution in [0, 0.1) is 0 Å². The summed E-state index contributed by atoms with van der Waals surface area (Å²) in [7, 11) is 0. The number of fused-ring (bicyclic) bond motifs is 1. The van der Waals surface area contributed by atoms with E-state index in [1.807, 2.05) is 30.3 Å². The molecule has 0 amide bonds. The molecular weight excluding hydrogens is 306 g/mol. The number of nitrogens with one attached hydrogen (secondary N) is 2. The molecule has 3 aromatic rings. The molecule has 96 valence electrons. The van der Waals surface area contributed by atoms with Crippen LogP contribution in [0.2, 0.25) is 0 Å². The number of hydrogen-bond acceptors (Lipinski definition) is 3. The Balaban J connectivity index is 1.82. The van der Waals surface area contributed by atoms with Crippen LogP contribution in [0.5, 0.6) is 5.75 Å². The number of halogens is 1. The Morgan fingerprint density at radius 2 is 2.16 bits per heavy atom. The Kier molecular flexibility index (Phi) is 3.13. The highest BCUT2D eigenvalue weighted by molar-refractivity contribution is 9.10. The molecule has 1 aromatic heterocycles. The number of phenols is 1. The number of hydrogen-bond donors (Lipinski definition) is 3. The zero-order valence-electron chi connectivity index (χ0n) is 10.0. The minimum atomic E-state index is 0.249. The number of aromatic nitrogens is 2. The molecule has 0 saturated heterocycles. The first-order chi connectivity index (χ1) is 9.24. The zero-order chi connectivity index (χ0) is 13.2. The van der Waals surface area contributed by atoms with Crippen LogP contribution < -0.4 is 5.32 Å². The van der Waals surface area contributed by atoms with Gasteiger partial charge < -0.3 is 10.4 Å². The van der Waals surface area contributed by atoms with Gasteiger partial charge >= 0.3 is 0 Å². The Hall–Kier alpha value is -2.01. The van der Waals surface area contributed by atoms with Crippen molar-refractivity contribution < 1.29 is 5.11 Å². The number of H-pyrrole nitrogens is 1. The molecule has 0 fully saturated rings. The predicted octanol–water partition coefficient (Wildman–Crippen LogP) is 3.64. The fraction of sp³-hybridized carbons (Fsp3) is 0.0714. The van der Waals surface area contributed by atoms with Gasteiger partial charge in [0.05, 0.1) is 21.9 Å². The van der Waals surface area contributed by atoms with Gasteiger partial charge in [0, 0.05) is 11.9 Å². The average molecular weight is 318 g/mol. The smallest absolute Gasteiger partial charge is 0.129 e. The number of anilines is 1. The molecule has 0 aliphatic carbocycles. The van der Waals surface area contributed by atoms with Crippen molar-refractivity contribution in [3.05, 3.63) is 52.6 Å². The van der Waals surface area contributed by atoms with E-state index in [4.69, 9.17) is 0 Å². The Bertz CT molecular complexity index is 724. The van der Waals surface area contributed by atoms with Crippen molar-refractivity contribution in [2.45, 2.75) is 6.54 Å². The van der Waals surface area contributed by atoms with Gasteiger partial charge in [0.25, 0.3) is 0 Å². The highest BCUT2D eigenvalue weighted by Gasteiger charge is 2.03. The van der Waals surface area contributed by atoms with E-state index >= 15 is 0 Å². The van der Waals surface area contributed by atoms with Crippen LogP contribution in [0.15, 0.2) is 47.1 Å². The monoisotopic (exact) mass is 317 g/mol. The number of benzene rings is 2. The van der Waals surface area contributed by atoms with Gasteiger partial charge in [-0.05, 0) is 39.7 Å². The Labute approximate surface area is 118 Å². The highest BCUT2D eigenvalue weighted by atomic mass is 79.9. The lowest BCUT2D eigenvalue weighted by atomic mass is 10.2. The molecule has 0 unspecified atom stereocenters. The van der Waals surface area contributed by atoms with Crippen LogP contribution in [0.25, 0.3) is 10.9 Å². The molecular formula is C14H12BrN3O. The van der Waals surface area contributed by atoms with Gasteiger partial charge in [-0.2, -0.15) is 5.10 Å². The summed E-state index contributed by atoms with van der Waals surface area (Å²) in [6, 6.07) is 11.5. The second-order valence-corrected chi connectivity index (χ2v) is 5.13. The van der Waals surface area contributed by atoms with Gasteiger partial charge in [0.15, 0.2) is 0 Å². The minimum Gasteiger partial charge on any atom is -0.507 e. The SMILES string of the molecule is Oc1ccc(CNc2cccc3cn[nH]c23)cc1Br. The molecule has 0 aliphatic heterocycles. The highest BCUT2D eigenvalue weighted by Crippen LogP contribution is 2.25. The maximum atomic E-state index is 9.46. The van der Waals surface area contributed by atoms with E-state index in [2.05, 4.69) is 31.4 Å². The Morgan fingerprint density at radius 1 is 1.26 bits per heavy atom. The first-order valence-corrected chi connectivity index (χ1v) is 6.67. The number of nitrogens with zero attached hydrogens (tertiary/aromatic N) is 1. The van der Waals surface area contributed by atoms with Crippen LogP contribution in [0.3, 0.4) is 0 Å². The van der Waals surface area contributed by atoms with E-state index in [1.165, 1.54) is 0 Å². The number of para-hydroxylation sites is 1. The van der Waals surface area contributed by atoms with Gasteiger partial charge in [0.1, 0.15) is 5.75 Å². The maximum Gasteiger partial charge on any atom is 0.129 e. The van der Waals surface area contributed by atoms with Crippen molar-refractivity contribution in [1.29, 1.82) is 0 Å². The quantitative estimate of drug-likeness (QED) is 0.691. The second-order valence-electron chi connectivity index (χ2n) is 4.28. The summed E-state index contributed by atoms with van der Waals surface area (Å²) in [5.41, 5.74) is 3.10. The second kappa shape index (κ2) is 4.93. The maximum absolute atomic E-state index is 9.46. The van der Waals surface area contributed by atoms with Crippen LogP contribution >= 0.6 is 15.9 Å². The number of aromatic amines is 1. The van der Waals surface area contributed by atoms with Crippen LogP contribution in [-0.2, 0) is 6.54 Å². The molecule has 4 nitrogen and oxygen atoms in total. The molecule has 0 bridgehead atoms. The molecule has 0 atom stereocenters. The molecule has 0 saturated carbocycles. The Morgan fingerprint density at radius 3 is 3.00 bits per heavy atom. The molecule has 2 aromatic carbocycles. The van der Waals surface area contributed by atoms with Crippen molar-refractivity contribution in [1.82, 2.24) is 10.2 Å². The van der Waals surface area contributed by atoms with E-state index < -0.39 is 0 Å². The molecule has 3 rings (SSSR count). The third-order valence-electron chi connectivity index (χ3n) is 2.97. The normalized spacial score (nSPS) is 10.8. The van der Waals surface area contributed by atoms with Gasteiger partial charge in [-0.3, -0.25) is 5.10 Å². The summed E-state index contributed by atoms with van der Waals surface area (Å²) in [6.45, 7) is 0.678. The lowest BCUT2D eigenvalue weighted by molar-refractivity contribution is 0.471. The van der Waals surface area contributed by atoms with Crippen LogP contribution in [-0.4, -0.2) is 15.3 Å². The van der Waals surface area contributed by atoms with Crippen LogP contribution in [0.4, 0.5) is 5.69 Å². The standard InChI is InChI=1S/C14H12BrN3O/c15-11-6-9(4-5-13(11)19)7-16-12-3-1-2-10-8-17-18-14(10)12/h1-6,8,16,19H,7H2,(H,17,18). The molecule has 0 aliphatic rings. The molecule has 19 heavy (non-hydrogen) atoms. The van der Waals surface area contributed by atoms with E-state index in [0.29, 0.717) is 11.0 Å². The summed E-state index contributed by atoms with van der Waals surface area (Å²) in [5, 5.41) is 20.9. The number of aromatic hydroxyl groups is 1. The zero-order valence-corrected chi connectivity index (χ0v) is 11.6. The number of rotatable bonds is 3. The number of phenolic OH excluding ortho intramolecular Hbond substituents is 1. The average Bonchev–Trinajstić information content (AvgIpc) is 2.89. The van der Waals surface area contributed by atoms with Crippen molar-refractivity contribution in [3.8, 4) is 5.75 Å². The predicted molar refractivity (Wildman–Crippen MR) is 79.2 cm³/mol. The van der Waals surface area contributed by atoms with Gasteiger partial charge in [-0.1, -0.05) is 18.2 Å². The minimum absolute atomic E-state index is 0.249. The first-order valence-electron chi connectivity index (χ1n) is 5.87. The summed E-state index contributed by atoms with van der Waals surface area (Å²) in [5.74, 6) is 0.249. The van der Waals surface area contributed by atoms with Gasteiger partial charge in [-0.15, -0.1) is 0 Å². The molecule has 1 heterocycles. The van der Waals surface area contributed by atoms with Gasteiger partial charge in [-0.25, -0.2) is 0 Å². The summed E-state index contributed by atoms with van der Waals surface area (Å²) < 4.78 is 0.701. The summed E-state index contributed by atoms with van der Waals surface area (Å²) >= 11 is 3.31. The van der Waals surface area contributed by atoms with E-state index in [-0.39, 0.29) is 5.75 Å². The first kappa shape index (κ1) is 12.0.